The van der Waals surface area contributed by atoms with Crippen LogP contribution in [0.4, 0.5) is 0 Å². The van der Waals surface area contributed by atoms with Gasteiger partial charge in [0, 0.05) is 58.9 Å². The second kappa shape index (κ2) is 13.2. The molecule has 0 radical (unpaired) electrons. The summed E-state index contributed by atoms with van der Waals surface area (Å²) in [6.45, 7) is 0. The summed E-state index contributed by atoms with van der Waals surface area (Å²) in [4.78, 5) is 20.2. The summed E-state index contributed by atoms with van der Waals surface area (Å²) < 4.78 is 9.63. The van der Waals surface area contributed by atoms with Crippen LogP contribution in [0.2, 0.25) is 0 Å². The molecule has 0 atom stereocenters. The molecule has 0 unspecified atom stereocenters. The summed E-state index contributed by atoms with van der Waals surface area (Å²) in [5.41, 5.74) is 9.44. The summed E-state index contributed by atoms with van der Waals surface area (Å²) in [6, 6.07) is 62.5. The maximum Gasteiger partial charge on any atom is 0.164 e. The molecule has 11 aromatic rings. The molecule has 4 aromatic heterocycles. The van der Waals surface area contributed by atoms with Gasteiger partial charge in [-0.2, -0.15) is 0 Å². The Kier molecular flexibility index (Phi) is 7.60. The molecular formula is C50H30N4OS. The SMILES string of the molecule is c1ccc(-c2nc(-c3ccccc3)nc(-c3ccc(-c4c(-c5cccc6c5sc5ccccc56)oc5c4c(-c4ccccc4)nc4ccccc45)cc3)n2)cc1. The van der Waals surface area contributed by atoms with Crippen molar-refractivity contribution in [3.63, 3.8) is 0 Å². The van der Waals surface area contributed by atoms with Crippen molar-refractivity contribution in [2.24, 2.45) is 0 Å². The van der Waals surface area contributed by atoms with Crippen molar-refractivity contribution in [1.82, 2.24) is 19.9 Å². The highest BCUT2D eigenvalue weighted by Crippen LogP contribution is 2.50. The first-order valence-electron chi connectivity index (χ1n) is 18.6. The number of hydrogen-bond donors (Lipinski definition) is 0. The third-order valence-electron chi connectivity index (χ3n) is 10.4. The van der Waals surface area contributed by atoms with Crippen molar-refractivity contribution in [2.45, 2.75) is 0 Å². The minimum absolute atomic E-state index is 0.606. The lowest BCUT2D eigenvalue weighted by Crippen LogP contribution is -2.00. The maximum atomic E-state index is 7.20. The molecule has 0 N–H and O–H groups in total. The molecule has 0 aliphatic rings. The Morgan fingerprint density at radius 1 is 0.393 bits per heavy atom. The van der Waals surface area contributed by atoms with Crippen molar-refractivity contribution in [2.75, 3.05) is 0 Å². The van der Waals surface area contributed by atoms with E-state index >= 15 is 0 Å². The van der Waals surface area contributed by atoms with Gasteiger partial charge in [-0.1, -0.05) is 158 Å². The van der Waals surface area contributed by atoms with E-state index in [0.29, 0.717) is 17.5 Å². The quantitative estimate of drug-likeness (QED) is 0.170. The molecule has 0 saturated heterocycles. The zero-order valence-electron chi connectivity index (χ0n) is 29.9. The van der Waals surface area contributed by atoms with Crippen LogP contribution in [0, 0.1) is 0 Å². The largest absolute Gasteiger partial charge is 0.455 e. The minimum atomic E-state index is 0.606. The molecule has 0 aliphatic heterocycles. The van der Waals surface area contributed by atoms with Crippen molar-refractivity contribution >= 4 is 53.4 Å². The molecule has 0 saturated carbocycles. The zero-order chi connectivity index (χ0) is 37.0. The third-order valence-corrected chi connectivity index (χ3v) is 11.6. The van der Waals surface area contributed by atoms with Gasteiger partial charge in [0.25, 0.3) is 0 Å². The van der Waals surface area contributed by atoms with Gasteiger partial charge in [0.05, 0.1) is 16.6 Å². The van der Waals surface area contributed by atoms with Gasteiger partial charge in [0.15, 0.2) is 17.5 Å². The Balaban J connectivity index is 1.16. The van der Waals surface area contributed by atoms with Crippen LogP contribution < -0.4 is 0 Å². The van der Waals surface area contributed by atoms with Crippen LogP contribution >= 0.6 is 11.3 Å². The van der Waals surface area contributed by atoms with Gasteiger partial charge in [-0.25, -0.2) is 19.9 Å². The fourth-order valence-corrected chi connectivity index (χ4v) is 8.92. The van der Waals surface area contributed by atoms with Crippen LogP contribution in [0.25, 0.3) is 110 Å². The first-order chi connectivity index (χ1) is 27.8. The van der Waals surface area contributed by atoms with E-state index < -0.39 is 0 Å². The number of nitrogens with zero attached hydrogens (tertiary/aromatic N) is 4. The van der Waals surface area contributed by atoms with Crippen LogP contribution in [0.15, 0.2) is 186 Å². The Morgan fingerprint density at radius 2 is 0.911 bits per heavy atom. The van der Waals surface area contributed by atoms with Crippen molar-refractivity contribution in [1.29, 1.82) is 0 Å². The number of thiophene rings is 1. The summed E-state index contributed by atoms with van der Waals surface area (Å²) in [5, 5.41) is 4.42. The zero-order valence-corrected chi connectivity index (χ0v) is 30.7. The lowest BCUT2D eigenvalue weighted by Gasteiger charge is -2.11. The number of pyridine rings is 1. The molecule has 0 aliphatic carbocycles. The second-order valence-electron chi connectivity index (χ2n) is 13.8. The lowest BCUT2D eigenvalue weighted by molar-refractivity contribution is 0.636. The fourth-order valence-electron chi connectivity index (χ4n) is 7.71. The first kappa shape index (κ1) is 32.2. The van der Waals surface area contributed by atoms with E-state index in [-0.39, 0.29) is 0 Å². The molecule has 7 aromatic carbocycles. The van der Waals surface area contributed by atoms with E-state index in [4.69, 9.17) is 24.4 Å². The van der Waals surface area contributed by atoms with Crippen LogP contribution in [0.1, 0.15) is 0 Å². The Labute approximate surface area is 326 Å². The number of furan rings is 1. The first-order valence-corrected chi connectivity index (χ1v) is 19.4. The van der Waals surface area contributed by atoms with Crippen molar-refractivity contribution in [3.8, 4) is 67.9 Å². The number of para-hydroxylation sites is 1. The normalized spacial score (nSPS) is 11.6. The number of rotatable bonds is 6. The molecule has 0 fully saturated rings. The average Bonchev–Trinajstić information content (AvgIpc) is 3.87. The van der Waals surface area contributed by atoms with Crippen molar-refractivity contribution in [3.05, 3.63) is 182 Å². The second-order valence-corrected chi connectivity index (χ2v) is 14.8. The highest BCUT2D eigenvalue weighted by Gasteiger charge is 2.26. The third kappa shape index (κ3) is 5.38. The van der Waals surface area contributed by atoms with E-state index in [1.807, 2.05) is 72.8 Å². The Morgan fingerprint density at radius 3 is 1.57 bits per heavy atom. The summed E-state index contributed by atoms with van der Waals surface area (Å²) in [6.07, 6.45) is 0. The van der Waals surface area contributed by atoms with Crippen LogP contribution in [0.5, 0.6) is 0 Å². The molecule has 56 heavy (non-hydrogen) atoms. The van der Waals surface area contributed by atoms with E-state index in [1.165, 1.54) is 20.2 Å². The maximum absolute atomic E-state index is 7.20. The summed E-state index contributed by atoms with van der Waals surface area (Å²) >= 11 is 1.80. The highest BCUT2D eigenvalue weighted by molar-refractivity contribution is 7.26. The summed E-state index contributed by atoms with van der Waals surface area (Å²) in [5.74, 6) is 2.68. The molecule has 0 amide bonds. The summed E-state index contributed by atoms with van der Waals surface area (Å²) in [7, 11) is 0. The van der Waals surface area contributed by atoms with E-state index in [2.05, 4.69) is 109 Å². The Bertz CT molecular complexity index is 3170. The molecule has 4 heterocycles. The van der Waals surface area contributed by atoms with E-state index in [1.54, 1.807) is 11.3 Å². The fraction of sp³-hybridized carbons (Fsp3) is 0. The van der Waals surface area contributed by atoms with Crippen LogP contribution in [-0.4, -0.2) is 19.9 Å². The predicted octanol–water partition coefficient (Wildman–Crippen LogP) is 13.5. The molecule has 262 valence electrons. The monoisotopic (exact) mass is 734 g/mol. The van der Waals surface area contributed by atoms with Gasteiger partial charge < -0.3 is 4.42 Å². The van der Waals surface area contributed by atoms with Gasteiger partial charge in [-0.3, -0.25) is 0 Å². The standard InChI is InChI=1S/C50H30N4OS/c1-4-15-32(16-5-1)44-43-42(31-27-29-35(30-28-31)50-53-48(33-17-6-2-7-18-33)52-49(54-50)34-19-8-3-9-20-34)46(55-45(43)38-22-10-12-25-40(38)51-44)39-24-14-23-37-36-21-11-13-26-41(36)56-47(37)39/h1-30H. The highest BCUT2D eigenvalue weighted by atomic mass is 32.1. The molecule has 5 nitrogen and oxygen atoms in total. The molecule has 0 bridgehead atoms. The minimum Gasteiger partial charge on any atom is -0.455 e. The van der Waals surface area contributed by atoms with E-state index in [0.717, 1.165) is 72.3 Å². The molecule has 0 spiro atoms. The van der Waals surface area contributed by atoms with Gasteiger partial charge in [0.2, 0.25) is 0 Å². The Hall–Kier alpha value is -7.28. The van der Waals surface area contributed by atoms with Gasteiger partial charge in [-0.15, -0.1) is 11.3 Å². The molecule has 6 heteroatoms. The predicted molar refractivity (Wildman–Crippen MR) is 230 cm³/mol. The topological polar surface area (TPSA) is 64.7 Å². The van der Waals surface area contributed by atoms with Crippen LogP contribution in [-0.2, 0) is 0 Å². The van der Waals surface area contributed by atoms with E-state index in [9.17, 15) is 0 Å². The molecule has 11 rings (SSSR count). The van der Waals surface area contributed by atoms with Gasteiger partial charge in [-0.05, 0) is 29.8 Å². The van der Waals surface area contributed by atoms with Crippen LogP contribution in [0.3, 0.4) is 0 Å². The number of aromatic nitrogens is 4. The smallest absolute Gasteiger partial charge is 0.164 e. The number of benzene rings is 7. The number of fused-ring (bicyclic) bond motifs is 6. The molecular weight excluding hydrogens is 705 g/mol. The van der Waals surface area contributed by atoms with Gasteiger partial charge >= 0.3 is 0 Å². The number of hydrogen-bond acceptors (Lipinski definition) is 6. The van der Waals surface area contributed by atoms with Gasteiger partial charge in [0.1, 0.15) is 11.3 Å². The van der Waals surface area contributed by atoms with Crippen molar-refractivity contribution < 1.29 is 4.42 Å². The lowest BCUT2D eigenvalue weighted by atomic mass is 9.94. The average molecular weight is 735 g/mol.